The summed E-state index contributed by atoms with van der Waals surface area (Å²) in [7, 11) is -3.49. The fraction of sp³-hybridized carbons (Fsp3) is 0.278. The fourth-order valence-corrected chi connectivity index (χ4v) is 3.47. The van der Waals surface area contributed by atoms with Crippen molar-refractivity contribution in [2.24, 2.45) is 0 Å². The Bertz CT molecular complexity index is 836. The number of hydrogen-bond acceptors (Lipinski definition) is 3. The monoisotopic (exact) mass is 380 g/mol. The summed E-state index contributed by atoms with van der Waals surface area (Å²) >= 11 is 6.01. The minimum atomic E-state index is -3.49. The molecule has 0 aromatic heterocycles. The maximum Gasteiger partial charge on any atom is 0.232 e. The second-order valence-electron chi connectivity index (χ2n) is 5.63. The van der Waals surface area contributed by atoms with Gasteiger partial charge in [0.15, 0.2) is 0 Å². The van der Waals surface area contributed by atoms with E-state index in [4.69, 9.17) is 11.6 Å². The molecule has 1 amide bonds. The smallest absolute Gasteiger partial charge is 0.232 e. The minimum Gasteiger partial charge on any atom is -0.325 e. The second kappa shape index (κ2) is 8.36. The highest BCUT2D eigenvalue weighted by atomic mass is 35.5. The van der Waals surface area contributed by atoms with Gasteiger partial charge in [0.05, 0.1) is 22.7 Å². The van der Waals surface area contributed by atoms with Crippen molar-refractivity contribution in [3.8, 4) is 0 Å². The molecule has 0 bridgehead atoms. The van der Waals surface area contributed by atoms with Gasteiger partial charge in [-0.15, -0.1) is 0 Å². The van der Waals surface area contributed by atoms with Crippen LogP contribution < -0.4 is 9.62 Å². The lowest BCUT2D eigenvalue weighted by molar-refractivity contribution is -0.116. The number of anilines is 2. The summed E-state index contributed by atoms with van der Waals surface area (Å²) in [5, 5.41) is 3.13. The number of rotatable bonds is 7. The third kappa shape index (κ3) is 5.47. The van der Waals surface area contributed by atoms with Crippen LogP contribution in [0.15, 0.2) is 48.5 Å². The van der Waals surface area contributed by atoms with E-state index in [0.717, 1.165) is 18.2 Å². The van der Waals surface area contributed by atoms with Gasteiger partial charge in [0.1, 0.15) is 0 Å². The van der Waals surface area contributed by atoms with Crippen molar-refractivity contribution >= 4 is 38.9 Å². The number of hydrogen-bond donors (Lipinski definition) is 1. The Morgan fingerprint density at radius 3 is 2.32 bits per heavy atom. The molecule has 0 fully saturated rings. The molecular weight excluding hydrogens is 360 g/mol. The van der Waals surface area contributed by atoms with E-state index in [1.807, 2.05) is 19.1 Å². The molecule has 5 nitrogen and oxygen atoms in total. The summed E-state index contributed by atoms with van der Waals surface area (Å²) in [6, 6.07) is 14.2. The minimum absolute atomic E-state index is 0.0216. The number of carbonyl (C=O) groups excluding carboxylic acids is 1. The first-order chi connectivity index (χ1) is 11.8. The summed E-state index contributed by atoms with van der Waals surface area (Å²) in [4.78, 5) is 12.1. The van der Waals surface area contributed by atoms with Crippen LogP contribution in [0, 0.1) is 0 Å². The van der Waals surface area contributed by atoms with Crippen LogP contribution in [0.25, 0.3) is 0 Å². The van der Waals surface area contributed by atoms with Crippen LogP contribution in [0.1, 0.15) is 18.9 Å². The average Bonchev–Trinajstić information content (AvgIpc) is 2.56. The molecule has 0 unspecified atom stereocenters. The van der Waals surface area contributed by atoms with Crippen LogP contribution in [0.3, 0.4) is 0 Å². The number of nitrogens with zero attached hydrogens (tertiary/aromatic N) is 1. The predicted octanol–water partition coefficient (Wildman–Crippen LogP) is 3.70. The Morgan fingerprint density at radius 2 is 1.76 bits per heavy atom. The highest BCUT2D eigenvalue weighted by Gasteiger charge is 2.18. The van der Waals surface area contributed by atoms with E-state index in [1.54, 1.807) is 36.4 Å². The van der Waals surface area contributed by atoms with E-state index in [2.05, 4.69) is 5.32 Å². The maximum atomic E-state index is 12.1. The first-order valence-electron chi connectivity index (χ1n) is 7.92. The zero-order chi connectivity index (χ0) is 18.4. The van der Waals surface area contributed by atoms with Gasteiger partial charge in [-0.05, 0) is 36.2 Å². The van der Waals surface area contributed by atoms with Gasteiger partial charge < -0.3 is 5.32 Å². The summed E-state index contributed by atoms with van der Waals surface area (Å²) < 4.78 is 25.4. The molecular formula is C18H21ClN2O3S. The molecule has 0 saturated carbocycles. The van der Waals surface area contributed by atoms with Gasteiger partial charge >= 0.3 is 0 Å². The van der Waals surface area contributed by atoms with Crippen molar-refractivity contribution in [3.05, 3.63) is 59.1 Å². The van der Waals surface area contributed by atoms with Crippen LogP contribution >= 0.6 is 11.6 Å². The number of para-hydroxylation sites is 1. The van der Waals surface area contributed by atoms with Crippen molar-refractivity contribution < 1.29 is 13.2 Å². The van der Waals surface area contributed by atoms with E-state index in [-0.39, 0.29) is 18.9 Å². The third-order valence-electron chi connectivity index (χ3n) is 3.72. The highest BCUT2D eigenvalue weighted by Crippen LogP contribution is 2.22. The summed E-state index contributed by atoms with van der Waals surface area (Å²) in [5.74, 6) is -0.299. The molecule has 2 aromatic carbocycles. The Labute approximate surface area is 153 Å². The number of sulfonamides is 1. The van der Waals surface area contributed by atoms with E-state index in [0.29, 0.717) is 16.4 Å². The molecule has 0 aliphatic heterocycles. The number of nitrogens with one attached hydrogen (secondary N) is 1. The number of aryl methyl sites for hydroxylation is 1. The molecule has 25 heavy (non-hydrogen) atoms. The van der Waals surface area contributed by atoms with E-state index < -0.39 is 10.0 Å². The molecule has 0 radical (unpaired) electrons. The molecule has 0 atom stereocenters. The number of carbonyl (C=O) groups is 1. The zero-order valence-electron chi connectivity index (χ0n) is 14.2. The number of amides is 1. The molecule has 0 saturated heterocycles. The SMILES string of the molecule is CCc1ccc(N(CCC(=O)Nc2ccccc2Cl)S(C)(=O)=O)cc1. The van der Waals surface area contributed by atoms with Gasteiger partial charge in [-0.25, -0.2) is 8.42 Å². The molecule has 0 aliphatic carbocycles. The van der Waals surface area contributed by atoms with Crippen molar-refractivity contribution in [1.82, 2.24) is 0 Å². The topological polar surface area (TPSA) is 66.5 Å². The molecule has 2 rings (SSSR count). The predicted molar refractivity (Wildman–Crippen MR) is 103 cm³/mol. The largest absolute Gasteiger partial charge is 0.325 e. The van der Waals surface area contributed by atoms with Crippen molar-refractivity contribution in [2.75, 3.05) is 22.4 Å². The molecule has 134 valence electrons. The van der Waals surface area contributed by atoms with Crippen molar-refractivity contribution in [2.45, 2.75) is 19.8 Å². The summed E-state index contributed by atoms with van der Waals surface area (Å²) in [6.45, 7) is 2.09. The van der Waals surface area contributed by atoms with Gasteiger partial charge in [0, 0.05) is 13.0 Å². The lowest BCUT2D eigenvalue weighted by atomic mass is 10.1. The summed E-state index contributed by atoms with van der Waals surface area (Å²) in [5.41, 5.74) is 2.17. The Balaban J connectivity index is 2.07. The lowest BCUT2D eigenvalue weighted by Gasteiger charge is -2.22. The van der Waals surface area contributed by atoms with Crippen LogP contribution in [-0.2, 0) is 21.2 Å². The van der Waals surface area contributed by atoms with E-state index in [9.17, 15) is 13.2 Å². The highest BCUT2D eigenvalue weighted by molar-refractivity contribution is 7.92. The van der Waals surface area contributed by atoms with E-state index in [1.165, 1.54) is 4.31 Å². The molecule has 2 aromatic rings. The summed E-state index contributed by atoms with van der Waals surface area (Å²) in [6.07, 6.45) is 2.03. The van der Waals surface area contributed by atoms with Crippen molar-refractivity contribution in [3.63, 3.8) is 0 Å². The van der Waals surface area contributed by atoms with Gasteiger partial charge in [-0.1, -0.05) is 42.8 Å². The first-order valence-corrected chi connectivity index (χ1v) is 10.1. The standard InChI is InChI=1S/C18H21ClN2O3S/c1-3-14-8-10-15(11-9-14)21(25(2,23)24)13-12-18(22)20-17-7-5-4-6-16(17)19/h4-11H,3,12-13H2,1-2H3,(H,20,22). The van der Waals surface area contributed by atoms with Crippen LogP contribution in [0.5, 0.6) is 0 Å². The Hall–Kier alpha value is -2.05. The second-order valence-corrected chi connectivity index (χ2v) is 7.95. The quantitative estimate of drug-likeness (QED) is 0.796. The van der Waals surface area contributed by atoms with Crippen LogP contribution in [0.2, 0.25) is 5.02 Å². The number of benzene rings is 2. The van der Waals surface area contributed by atoms with Crippen LogP contribution in [0.4, 0.5) is 11.4 Å². The Morgan fingerprint density at radius 1 is 1.12 bits per heavy atom. The van der Waals surface area contributed by atoms with Gasteiger partial charge in [-0.2, -0.15) is 0 Å². The van der Waals surface area contributed by atoms with E-state index >= 15 is 0 Å². The molecule has 7 heteroatoms. The zero-order valence-corrected chi connectivity index (χ0v) is 15.8. The molecule has 1 N–H and O–H groups in total. The first kappa shape index (κ1) is 19.3. The third-order valence-corrected chi connectivity index (χ3v) is 5.25. The average molecular weight is 381 g/mol. The molecule has 0 spiro atoms. The number of halogens is 1. The maximum absolute atomic E-state index is 12.1. The van der Waals surface area contributed by atoms with Gasteiger partial charge in [0.25, 0.3) is 0 Å². The normalized spacial score (nSPS) is 11.2. The fourth-order valence-electron chi connectivity index (χ4n) is 2.36. The lowest BCUT2D eigenvalue weighted by Crippen LogP contribution is -2.33. The molecule has 0 heterocycles. The van der Waals surface area contributed by atoms with Gasteiger partial charge in [0.2, 0.25) is 15.9 Å². The van der Waals surface area contributed by atoms with Crippen LogP contribution in [-0.4, -0.2) is 27.1 Å². The Kier molecular flexibility index (Phi) is 6.45. The van der Waals surface area contributed by atoms with Gasteiger partial charge in [-0.3, -0.25) is 9.10 Å². The molecule has 0 aliphatic rings. The van der Waals surface area contributed by atoms with Crippen molar-refractivity contribution in [1.29, 1.82) is 0 Å².